The SMILES string of the molecule is COc1cc(C2=N/C(=C\c3ccc(N4CCOCC4)s3)C(=O)O2)cc(OC)c1OC. The van der Waals surface area contributed by atoms with Gasteiger partial charge in [-0.3, -0.25) is 0 Å². The molecule has 3 heterocycles. The molecule has 1 aromatic heterocycles. The number of carbonyl (C=O) groups excluding carboxylic acids is 1. The van der Waals surface area contributed by atoms with Crippen LogP contribution in [0.2, 0.25) is 0 Å². The third-order valence-electron chi connectivity index (χ3n) is 4.75. The van der Waals surface area contributed by atoms with Crippen molar-refractivity contribution in [2.75, 3.05) is 52.5 Å². The van der Waals surface area contributed by atoms with Crippen molar-refractivity contribution < 1.29 is 28.5 Å². The van der Waals surface area contributed by atoms with Crippen molar-refractivity contribution in [1.29, 1.82) is 0 Å². The number of aliphatic imine (C=N–C) groups is 1. The molecule has 0 unspecified atom stereocenters. The lowest BCUT2D eigenvalue weighted by Crippen LogP contribution is -2.35. The molecule has 0 saturated carbocycles. The average Bonchev–Trinajstić information content (AvgIpc) is 3.40. The largest absolute Gasteiger partial charge is 0.493 e. The van der Waals surface area contributed by atoms with E-state index >= 15 is 0 Å². The van der Waals surface area contributed by atoms with E-state index in [4.69, 9.17) is 23.7 Å². The minimum Gasteiger partial charge on any atom is -0.493 e. The molecule has 1 saturated heterocycles. The van der Waals surface area contributed by atoms with Crippen LogP contribution in [0.25, 0.3) is 6.08 Å². The van der Waals surface area contributed by atoms with E-state index in [2.05, 4.69) is 9.89 Å². The van der Waals surface area contributed by atoms with Gasteiger partial charge in [0.05, 0.1) is 39.5 Å². The molecular weight excluding hydrogens is 408 g/mol. The highest BCUT2D eigenvalue weighted by Gasteiger charge is 2.27. The number of esters is 1. The third kappa shape index (κ3) is 3.99. The fourth-order valence-corrected chi connectivity index (χ4v) is 4.24. The topological polar surface area (TPSA) is 78.8 Å². The summed E-state index contributed by atoms with van der Waals surface area (Å²) < 4.78 is 26.8. The highest BCUT2D eigenvalue weighted by Crippen LogP contribution is 2.39. The molecule has 2 aromatic rings. The predicted molar refractivity (Wildman–Crippen MR) is 114 cm³/mol. The Balaban J connectivity index is 1.61. The van der Waals surface area contributed by atoms with Crippen molar-refractivity contribution >= 4 is 34.3 Å². The zero-order valence-corrected chi connectivity index (χ0v) is 17.8. The standard InChI is InChI=1S/C21H22N2O6S/c1-25-16-10-13(11-17(26-2)19(16)27-3)20-22-15(21(24)29-20)12-14-4-5-18(30-14)23-6-8-28-9-7-23/h4-5,10-12H,6-9H2,1-3H3/b15-12-. The molecule has 0 spiro atoms. The number of morpholine rings is 1. The summed E-state index contributed by atoms with van der Waals surface area (Å²) in [6.45, 7) is 3.18. The number of benzene rings is 1. The van der Waals surface area contributed by atoms with E-state index in [1.165, 1.54) is 21.3 Å². The lowest BCUT2D eigenvalue weighted by Gasteiger charge is -2.27. The number of rotatable bonds is 6. The maximum atomic E-state index is 12.4. The molecule has 0 atom stereocenters. The first-order valence-corrected chi connectivity index (χ1v) is 10.2. The minimum absolute atomic E-state index is 0.190. The Bertz CT molecular complexity index is 982. The normalized spacial score (nSPS) is 17.7. The molecule has 0 bridgehead atoms. The van der Waals surface area contributed by atoms with E-state index in [9.17, 15) is 4.79 Å². The van der Waals surface area contributed by atoms with Crippen LogP contribution in [0, 0.1) is 0 Å². The Kier molecular flexibility index (Phi) is 5.91. The van der Waals surface area contributed by atoms with Gasteiger partial charge >= 0.3 is 5.97 Å². The lowest BCUT2D eigenvalue weighted by molar-refractivity contribution is -0.129. The van der Waals surface area contributed by atoms with Crippen molar-refractivity contribution in [2.24, 2.45) is 4.99 Å². The van der Waals surface area contributed by atoms with Gasteiger partial charge in [-0.1, -0.05) is 0 Å². The van der Waals surface area contributed by atoms with Gasteiger partial charge in [0.15, 0.2) is 17.2 Å². The first-order valence-electron chi connectivity index (χ1n) is 9.38. The van der Waals surface area contributed by atoms with Gasteiger partial charge < -0.3 is 28.6 Å². The van der Waals surface area contributed by atoms with E-state index < -0.39 is 5.97 Å². The highest BCUT2D eigenvalue weighted by atomic mass is 32.1. The maximum Gasteiger partial charge on any atom is 0.363 e. The monoisotopic (exact) mass is 430 g/mol. The Hall–Kier alpha value is -3.04. The molecule has 8 nitrogen and oxygen atoms in total. The number of ether oxygens (including phenoxy) is 5. The number of hydrogen-bond donors (Lipinski definition) is 0. The molecule has 9 heteroatoms. The minimum atomic E-state index is -0.500. The number of thiophene rings is 1. The van der Waals surface area contributed by atoms with Gasteiger partial charge in [0.1, 0.15) is 0 Å². The first-order chi connectivity index (χ1) is 14.6. The number of carbonyl (C=O) groups is 1. The van der Waals surface area contributed by atoms with Crippen LogP contribution >= 0.6 is 11.3 Å². The van der Waals surface area contributed by atoms with Crippen LogP contribution in [-0.2, 0) is 14.3 Å². The Morgan fingerprint density at radius 1 is 1.07 bits per heavy atom. The third-order valence-corrected chi connectivity index (χ3v) is 5.84. The number of methoxy groups -OCH3 is 3. The molecular formula is C21H22N2O6S. The first kappa shape index (κ1) is 20.2. The van der Waals surface area contributed by atoms with Gasteiger partial charge in [-0.2, -0.15) is 0 Å². The second-order valence-electron chi connectivity index (χ2n) is 6.53. The van der Waals surface area contributed by atoms with Crippen LogP contribution in [0.5, 0.6) is 17.2 Å². The number of hydrogen-bond acceptors (Lipinski definition) is 9. The predicted octanol–water partition coefficient (Wildman–Crippen LogP) is 2.96. The fraction of sp³-hybridized carbons (Fsp3) is 0.333. The Labute approximate surface area is 178 Å². The van der Waals surface area contributed by atoms with Crippen molar-refractivity contribution in [3.63, 3.8) is 0 Å². The van der Waals surface area contributed by atoms with Crippen LogP contribution < -0.4 is 19.1 Å². The van der Waals surface area contributed by atoms with E-state index in [-0.39, 0.29) is 11.6 Å². The van der Waals surface area contributed by atoms with Crippen LogP contribution in [0.3, 0.4) is 0 Å². The fourth-order valence-electron chi connectivity index (χ4n) is 3.25. The Morgan fingerprint density at radius 2 is 1.77 bits per heavy atom. The summed E-state index contributed by atoms with van der Waals surface area (Å²) in [6.07, 6.45) is 1.74. The van der Waals surface area contributed by atoms with Gasteiger partial charge in [0, 0.05) is 23.5 Å². The molecule has 0 radical (unpaired) electrons. The molecule has 1 aromatic carbocycles. The van der Waals surface area contributed by atoms with Gasteiger partial charge in [-0.25, -0.2) is 9.79 Å². The molecule has 0 N–H and O–H groups in total. The molecule has 0 amide bonds. The summed E-state index contributed by atoms with van der Waals surface area (Å²) in [5, 5.41) is 1.14. The summed E-state index contributed by atoms with van der Waals surface area (Å²) >= 11 is 1.60. The van der Waals surface area contributed by atoms with E-state index in [0.29, 0.717) is 22.8 Å². The van der Waals surface area contributed by atoms with Crippen molar-refractivity contribution in [1.82, 2.24) is 0 Å². The summed E-state index contributed by atoms with van der Waals surface area (Å²) in [7, 11) is 4.58. The zero-order chi connectivity index (χ0) is 21.1. The molecule has 0 aliphatic carbocycles. The van der Waals surface area contributed by atoms with E-state index in [1.807, 2.05) is 12.1 Å². The van der Waals surface area contributed by atoms with Gasteiger partial charge in [-0.15, -0.1) is 11.3 Å². The summed E-state index contributed by atoms with van der Waals surface area (Å²) in [5.74, 6) is 1.06. The lowest BCUT2D eigenvalue weighted by atomic mass is 10.2. The smallest absolute Gasteiger partial charge is 0.363 e. The van der Waals surface area contributed by atoms with E-state index in [0.717, 1.165) is 36.2 Å². The number of cyclic esters (lactones) is 1. The van der Waals surface area contributed by atoms with Crippen molar-refractivity contribution in [2.45, 2.75) is 0 Å². The quantitative estimate of drug-likeness (QED) is 0.515. The van der Waals surface area contributed by atoms with Gasteiger partial charge in [0.25, 0.3) is 0 Å². The average molecular weight is 430 g/mol. The van der Waals surface area contributed by atoms with Crippen molar-refractivity contribution in [3.05, 3.63) is 40.4 Å². The molecule has 4 rings (SSSR count). The highest BCUT2D eigenvalue weighted by molar-refractivity contribution is 7.16. The molecule has 2 aliphatic rings. The molecule has 2 aliphatic heterocycles. The summed E-state index contributed by atoms with van der Waals surface area (Å²) in [4.78, 5) is 20.0. The molecule has 1 fully saturated rings. The van der Waals surface area contributed by atoms with Crippen LogP contribution in [0.4, 0.5) is 5.00 Å². The number of anilines is 1. The van der Waals surface area contributed by atoms with E-state index in [1.54, 1.807) is 29.5 Å². The summed E-state index contributed by atoms with van der Waals surface area (Å²) in [6, 6.07) is 7.41. The molecule has 30 heavy (non-hydrogen) atoms. The van der Waals surface area contributed by atoms with Crippen molar-refractivity contribution in [3.8, 4) is 17.2 Å². The Morgan fingerprint density at radius 3 is 2.40 bits per heavy atom. The maximum absolute atomic E-state index is 12.4. The van der Waals surface area contributed by atoms with Crippen LogP contribution in [0.1, 0.15) is 10.4 Å². The van der Waals surface area contributed by atoms with Crippen LogP contribution in [-0.4, -0.2) is 59.5 Å². The molecule has 158 valence electrons. The number of nitrogens with zero attached hydrogens (tertiary/aromatic N) is 2. The second-order valence-corrected chi connectivity index (χ2v) is 7.62. The summed E-state index contributed by atoms with van der Waals surface area (Å²) in [5.41, 5.74) is 0.801. The van der Waals surface area contributed by atoms with Gasteiger partial charge in [-0.05, 0) is 30.3 Å². The second kappa shape index (κ2) is 8.76. The zero-order valence-electron chi connectivity index (χ0n) is 17.0. The van der Waals surface area contributed by atoms with Crippen LogP contribution in [0.15, 0.2) is 35.0 Å². The van der Waals surface area contributed by atoms with Gasteiger partial charge in [0.2, 0.25) is 11.6 Å².